The van der Waals surface area contributed by atoms with Crippen LogP contribution in [0.1, 0.15) is 414 Å². The molecule has 0 aliphatic carbocycles. The summed E-state index contributed by atoms with van der Waals surface area (Å²) in [5.41, 5.74) is 0. The molecule has 3 unspecified atom stereocenters. The van der Waals surface area contributed by atoms with Gasteiger partial charge < -0.3 is 33.8 Å². The first kappa shape index (κ1) is 101. The van der Waals surface area contributed by atoms with Crippen LogP contribution in [-0.4, -0.2) is 96.7 Å². The maximum absolute atomic E-state index is 13.1. The number of aliphatic hydroxyl groups is 1. The molecule has 103 heavy (non-hydrogen) atoms. The maximum atomic E-state index is 13.1. The van der Waals surface area contributed by atoms with E-state index in [0.717, 1.165) is 127 Å². The first-order chi connectivity index (χ1) is 49.8. The summed E-state index contributed by atoms with van der Waals surface area (Å²) in [4.78, 5) is 73.1. The van der Waals surface area contributed by atoms with Crippen molar-refractivity contribution in [3.05, 3.63) is 24.3 Å². The Kier molecular flexibility index (Phi) is 71.9. The van der Waals surface area contributed by atoms with Gasteiger partial charge in [0.2, 0.25) is 0 Å². The molecule has 3 N–H and O–H groups in total. The fourth-order valence-corrected chi connectivity index (χ4v) is 14.0. The average Bonchev–Trinajstić information content (AvgIpc) is 0.911. The van der Waals surface area contributed by atoms with E-state index in [2.05, 4.69) is 72.8 Å². The summed E-state index contributed by atoms with van der Waals surface area (Å²) >= 11 is 0. The van der Waals surface area contributed by atoms with Crippen LogP contribution in [0.5, 0.6) is 0 Å². The lowest BCUT2D eigenvalue weighted by molar-refractivity contribution is -0.161. The number of phosphoric ester groups is 2. The van der Waals surface area contributed by atoms with Gasteiger partial charge in [-0.1, -0.05) is 362 Å². The molecular weight excluding hydrogens is 1340 g/mol. The molecule has 19 heteroatoms. The minimum Gasteiger partial charge on any atom is -0.462 e. The van der Waals surface area contributed by atoms with Gasteiger partial charge >= 0.3 is 39.5 Å². The van der Waals surface area contributed by atoms with E-state index in [4.69, 9.17) is 37.0 Å². The van der Waals surface area contributed by atoms with Gasteiger partial charge in [0, 0.05) is 25.7 Å². The van der Waals surface area contributed by atoms with Gasteiger partial charge in [0.15, 0.2) is 12.2 Å². The molecule has 0 aromatic rings. The molecule has 0 amide bonds. The predicted octanol–water partition coefficient (Wildman–Crippen LogP) is 24.9. The highest BCUT2D eigenvalue weighted by atomic mass is 31.2. The standard InChI is InChI=1S/C84H160O17P2/c1-8-10-11-12-13-14-15-16-21-29-34-39-44-53-60-68-84(89)101-80(72-95-82(87)66-59-52-47-46-50-57-64-77(7)9-2)74-99-103(92,93)97-70-78(85)69-96-102(90,91)98-73-79(100-83(88)67-61-54-45-40-35-30-25-24-27-32-37-42-49-56-63-76(5)6)71-94-81(86)65-58-51-43-38-33-28-23-20-18-17-19-22-26-31-36-41-48-55-62-75(3)4/h14-16,21,75-80,85H,8-13,17-20,22-74H2,1-7H3,(H,90,91)(H,92,93)/b15-14-,21-16-/t77?,78-,79-,80-/m1/s1. The first-order valence-corrected chi connectivity index (χ1v) is 45.7. The minimum atomic E-state index is -4.97. The summed E-state index contributed by atoms with van der Waals surface area (Å²) in [7, 11) is -9.94. The minimum absolute atomic E-state index is 0.0841. The number of carbonyl (C=O) groups excluding carboxylic acids is 4. The summed E-state index contributed by atoms with van der Waals surface area (Å²) < 4.78 is 68.7. The average molecular weight is 1500 g/mol. The van der Waals surface area contributed by atoms with E-state index in [0.29, 0.717) is 25.7 Å². The van der Waals surface area contributed by atoms with Crippen molar-refractivity contribution in [2.75, 3.05) is 39.6 Å². The van der Waals surface area contributed by atoms with Crippen LogP contribution >= 0.6 is 15.6 Å². The molecule has 17 nitrogen and oxygen atoms in total. The molecule has 0 saturated carbocycles. The molecule has 0 aromatic heterocycles. The molecular formula is C84H160O17P2. The SMILES string of the molecule is CCCCCC/C=C\C=C/CCCCCCCC(=O)O[C@H](COC(=O)CCCCCCCCC(C)CC)COP(=O)(O)OC[C@H](O)COP(=O)(O)OC[C@@H](COC(=O)CCCCCCCCCCCCCCCCCCCCC(C)C)OC(=O)CCCCCCCCCCCCCCCCC(C)C. The Bertz CT molecular complexity index is 2090. The summed E-state index contributed by atoms with van der Waals surface area (Å²) in [6, 6.07) is 0. The van der Waals surface area contributed by atoms with Gasteiger partial charge in [-0.05, 0) is 69.1 Å². The highest BCUT2D eigenvalue weighted by Crippen LogP contribution is 2.45. The molecule has 0 fully saturated rings. The number of ether oxygens (including phenoxy) is 4. The fraction of sp³-hybridized carbons (Fsp3) is 0.905. The number of allylic oxidation sites excluding steroid dienone is 4. The topological polar surface area (TPSA) is 237 Å². The Morgan fingerprint density at radius 3 is 0.864 bits per heavy atom. The van der Waals surface area contributed by atoms with Gasteiger partial charge in [0.25, 0.3) is 0 Å². The predicted molar refractivity (Wildman–Crippen MR) is 423 cm³/mol. The number of rotatable bonds is 80. The molecule has 0 bridgehead atoms. The lowest BCUT2D eigenvalue weighted by Gasteiger charge is -2.21. The number of unbranched alkanes of at least 4 members (excludes halogenated alkanes) is 44. The van der Waals surface area contributed by atoms with E-state index >= 15 is 0 Å². The van der Waals surface area contributed by atoms with Crippen LogP contribution < -0.4 is 0 Å². The van der Waals surface area contributed by atoms with E-state index in [1.54, 1.807) is 0 Å². The zero-order valence-corrected chi connectivity index (χ0v) is 69.1. The van der Waals surface area contributed by atoms with Crippen LogP contribution in [0.25, 0.3) is 0 Å². The third kappa shape index (κ3) is 76.1. The van der Waals surface area contributed by atoms with Crippen molar-refractivity contribution < 1.29 is 80.2 Å². The van der Waals surface area contributed by atoms with Crippen molar-refractivity contribution in [3.63, 3.8) is 0 Å². The van der Waals surface area contributed by atoms with Gasteiger partial charge in [-0.25, -0.2) is 9.13 Å². The van der Waals surface area contributed by atoms with Crippen molar-refractivity contribution in [2.24, 2.45) is 17.8 Å². The normalized spacial score (nSPS) is 14.3. The molecule has 6 atom stereocenters. The largest absolute Gasteiger partial charge is 0.472 e. The smallest absolute Gasteiger partial charge is 0.462 e. The number of aliphatic hydroxyl groups excluding tert-OH is 1. The molecule has 0 heterocycles. The Balaban J connectivity index is 5.25. The van der Waals surface area contributed by atoms with Gasteiger partial charge in [-0.3, -0.25) is 37.3 Å². The zero-order valence-electron chi connectivity index (χ0n) is 67.3. The van der Waals surface area contributed by atoms with E-state index in [1.165, 1.54) is 205 Å². The van der Waals surface area contributed by atoms with Crippen LogP contribution in [0.3, 0.4) is 0 Å². The number of hydrogen-bond donors (Lipinski definition) is 3. The Labute approximate surface area is 631 Å². The van der Waals surface area contributed by atoms with Gasteiger partial charge in [-0.15, -0.1) is 0 Å². The second kappa shape index (κ2) is 73.7. The van der Waals surface area contributed by atoms with Crippen LogP contribution in [0.15, 0.2) is 24.3 Å². The van der Waals surface area contributed by atoms with E-state index in [9.17, 15) is 43.2 Å². The lowest BCUT2D eigenvalue weighted by atomic mass is 10.00. The Morgan fingerprint density at radius 1 is 0.320 bits per heavy atom. The quantitative estimate of drug-likeness (QED) is 0.0169. The second-order valence-electron chi connectivity index (χ2n) is 30.7. The Hall–Kier alpha value is -2.46. The van der Waals surface area contributed by atoms with Crippen molar-refractivity contribution >= 4 is 39.5 Å². The van der Waals surface area contributed by atoms with E-state index < -0.39 is 97.5 Å². The van der Waals surface area contributed by atoms with Crippen molar-refractivity contribution in [2.45, 2.75) is 433 Å². The molecule has 0 aliphatic heterocycles. The monoisotopic (exact) mass is 1500 g/mol. The van der Waals surface area contributed by atoms with E-state index in [1.807, 2.05) is 0 Å². The van der Waals surface area contributed by atoms with Gasteiger partial charge in [0.05, 0.1) is 26.4 Å². The third-order valence-corrected chi connectivity index (χ3v) is 21.3. The van der Waals surface area contributed by atoms with Crippen molar-refractivity contribution in [3.8, 4) is 0 Å². The number of phosphoric acid groups is 2. The molecule has 0 rings (SSSR count). The lowest BCUT2D eigenvalue weighted by Crippen LogP contribution is -2.30. The maximum Gasteiger partial charge on any atom is 0.472 e. The molecule has 0 radical (unpaired) electrons. The molecule has 0 aromatic carbocycles. The van der Waals surface area contributed by atoms with Crippen LogP contribution in [0.2, 0.25) is 0 Å². The molecule has 608 valence electrons. The number of hydrogen-bond acceptors (Lipinski definition) is 15. The first-order valence-electron chi connectivity index (χ1n) is 42.7. The van der Waals surface area contributed by atoms with Crippen LogP contribution in [0, 0.1) is 17.8 Å². The molecule has 0 spiro atoms. The van der Waals surface area contributed by atoms with Crippen LogP contribution in [-0.2, 0) is 65.4 Å². The molecule has 0 saturated heterocycles. The summed E-state index contributed by atoms with van der Waals surface area (Å²) in [6.07, 6.45) is 66.1. The van der Waals surface area contributed by atoms with Crippen molar-refractivity contribution in [1.29, 1.82) is 0 Å². The van der Waals surface area contributed by atoms with Gasteiger partial charge in [0.1, 0.15) is 19.3 Å². The summed E-state index contributed by atoms with van der Waals surface area (Å²) in [5.74, 6) is 0.204. The van der Waals surface area contributed by atoms with Gasteiger partial charge in [-0.2, -0.15) is 0 Å². The van der Waals surface area contributed by atoms with Crippen LogP contribution in [0.4, 0.5) is 0 Å². The fourth-order valence-electron chi connectivity index (χ4n) is 12.4. The third-order valence-electron chi connectivity index (χ3n) is 19.4. The zero-order chi connectivity index (χ0) is 75.8. The Morgan fingerprint density at radius 2 is 0.573 bits per heavy atom. The van der Waals surface area contributed by atoms with E-state index in [-0.39, 0.29) is 25.7 Å². The highest BCUT2D eigenvalue weighted by Gasteiger charge is 2.30. The number of carbonyl (C=O) groups is 4. The van der Waals surface area contributed by atoms with Crippen molar-refractivity contribution in [1.82, 2.24) is 0 Å². The highest BCUT2D eigenvalue weighted by molar-refractivity contribution is 7.47. The second-order valence-corrected chi connectivity index (χ2v) is 33.6. The number of esters is 4. The molecule has 0 aliphatic rings. The summed E-state index contributed by atoms with van der Waals surface area (Å²) in [6.45, 7) is 11.9. The summed E-state index contributed by atoms with van der Waals surface area (Å²) in [5, 5.41) is 10.7.